The summed E-state index contributed by atoms with van der Waals surface area (Å²) in [5, 5.41) is 54.5. The number of aliphatic hydroxyl groups is 5. The van der Waals surface area contributed by atoms with Gasteiger partial charge in [0.1, 0.15) is 24.4 Å². The maximum Gasteiger partial charge on any atom is 0.220 e. The second-order valence-electron chi connectivity index (χ2n) is 21.5. The van der Waals surface area contributed by atoms with Gasteiger partial charge in [-0.05, 0) is 89.9 Å². The van der Waals surface area contributed by atoms with Gasteiger partial charge in [-0.25, -0.2) is 0 Å². The van der Waals surface area contributed by atoms with Crippen molar-refractivity contribution in [3.8, 4) is 0 Å². The highest BCUT2D eigenvalue weighted by Gasteiger charge is 2.44. The van der Waals surface area contributed by atoms with Crippen LogP contribution in [0.25, 0.3) is 0 Å². The average molecular weight is 1090 g/mol. The van der Waals surface area contributed by atoms with Gasteiger partial charge in [0, 0.05) is 6.42 Å². The van der Waals surface area contributed by atoms with Crippen LogP contribution >= 0.6 is 0 Å². The number of nitrogens with one attached hydrogen (secondary N) is 1. The van der Waals surface area contributed by atoms with Crippen LogP contribution in [0.4, 0.5) is 0 Å². The molecule has 9 nitrogen and oxygen atoms in total. The lowest BCUT2D eigenvalue weighted by Gasteiger charge is -2.40. The fraction of sp³-hybridized carbons (Fsp3) is 0.696. The highest BCUT2D eigenvalue weighted by atomic mass is 16.7. The van der Waals surface area contributed by atoms with Crippen LogP contribution < -0.4 is 5.32 Å². The van der Waals surface area contributed by atoms with Crippen molar-refractivity contribution in [2.75, 3.05) is 13.2 Å². The molecular weight excluding hydrogens is 971 g/mol. The summed E-state index contributed by atoms with van der Waals surface area (Å²) in [7, 11) is 0. The summed E-state index contributed by atoms with van der Waals surface area (Å²) in [4.78, 5) is 13.1. The maximum absolute atomic E-state index is 13.1. The second kappa shape index (κ2) is 56.8. The van der Waals surface area contributed by atoms with E-state index >= 15 is 0 Å². The summed E-state index contributed by atoms with van der Waals surface area (Å²) in [6.07, 6.45) is 78.5. The Kier molecular flexibility index (Phi) is 52.9. The molecule has 0 saturated carbocycles. The molecule has 0 aromatic rings. The summed E-state index contributed by atoms with van der Waals surface area (Å²) in [6, 6.07) is -0.811. The first kappa shape index (κ1) is 72.6. The van der Waals surface area contributed by atoms with Crippen molar-refractivity contribution >= 4 is 5.91 Å². The molecule has 1 heterocycles. The highest BCUT2D eigenvalue weighted by molar-refractivity contribution is 5.76. The molecule has 7 unspecified atom stereocenters. The number of allylic oxidation sites excluding steroid dienone is 19. The van der Waals surface area contributed by atoms with E-state index in [4.69, 9.17) is 9.47 Å². The van der Waals surface area contributed by atoms with Crippen LogP contribution in [0.2, 0.25) is 0 Å². The number of ether oxygens (including phenoxy) is 2. The van der Waals surface area contributed by atoms with Crippen molar-refractivity contribution in [1.29, 1.82) is 0 Å². The highest BCUT2D eigenvalue weighted by Crippen LogP contribution is 2.23. The van der Waals surface area contributed by atoms with Gasteiger partial charge in [-0.1, -0.05) is 277 Å². The first-order chi connectivity index (χ1) is 38.3. The summed E-state index contributed by atoms with van der Waals surface area (Å²) < 4.78 is 11.3. The van der Waals surface area contributed by atoms with Gasteiger partial charge in [0.05, 0.1) is 25.4 Å². The Morgan fingerprint density at radius 1 is 0.449 bits per heavy atom. The van der Waals surface area contributed by atoms with Crippen molar-refractivity contribution in [2.45, 2.75) is 294 Å². The minimum atomic E-state index is -1.57. The first-order valence-electron chi connectivity index (χ1n) is 31.8. The van der Waals surface area contributed by atoms with Gasteiger partial charge >= 0.3 is 0 Å². The summed E-state index contributed by atoms with van der Waals surface area (Å²) in [6.45, 7) is 3.66. The van der Waals surface area contributed by atoms with Crippen molar-refractivity contribution < 1.29 is 39.8 Å². The molecule has 0 bridgehead atoms. The van der Waals surface area contributed by atoms with Gasteiger partial charge < -0.3 is 40.3 Å². The van der Waals surface area contributed by atoms with Crippen LogP contribution in [0.15, 0.2) is 122 Å². The van der Waals surface area contributed by atoms with E-state index in [-0.39, 0.29) is 12.5 Å². The minimum Gasteiger partial charge on any atom is -0.394 e. The van der Waals surface area contributed by atoms with Crippen LogP contribution in [0.5, 0.6) is 0 Å². The normalized spacial score (nSPS) is 19.5. The van der Waals surface area contributed by atoms with Crippen molar-refractivity contribution in [3.63, 3.8) is 0 Å². The number of amides is 1. The van der Waals surface area contributed by atoms with Gasteiger partial charge in [-0.2, -0.15) is 0 Å². The van der Waals surface area contributed by atoms with E-state index in [1.807, 2.05) is 6.08 Å². The molecule has 1 amide bonds. The van der Waals surface area contributed by atoms with E-state index in [0.29, 0.717) is 6.42 Å². The fourth-order valence-electron chi connectivity index (χ4n) is 9.33. The topological polar surface area (TPSA) is 149 Å². The average Bonchev–Trinajstić information content (AvgIpc) is 3.46. The van der Waals surface area contributed by atoms with Crippen LogP contribution in [-0.4, -0.2) is 87.5 Å². The Hall–Kier alpha value is -3.41. The van der Waals surface area contributed by atoms with E-state index in [0.717, 1.165) is 96.3 Å². The standard InChI is InChI=1S/C69H117NO8/c1-3-5-7-9-11-13-15-17-19-20-21-22-23-24-25-26-27-28-29-30-31-32-33-34-35-36-37-38-39-40-41-42-43-44-45-47-49-51-53-55-57-59-65(73)70-62(61-77-69-68(76)67(75)66(74)64(60-71)78-69)63(72)58-56-54-52-50-48-46-18-16-14-12-10-8-6-4-2/h5,7,11,13,17,19,21-22,24-25,27-28,30-31,33-34,36-37,56,58,62-64,66-69,71-72,74-76H,3-4,6,8-10,12,14-16,18,20,23,26,29,32,35,38-55,57,59-61H2,1-2H3,(H,70,73)/b7-5-,13-11-,19-17-,22-21-,25-24-,28-27-,31-30-,34-33-,37-36-,58-56+. The Balaban J connectivity index is 2.11. The lowest BCUT2D eigenvalue weighted by Crippen LogP contribution is -2.60. The third kappa shape index (κ3) is 45.3. The maximum atomic E-state index is 13.1. The molecule has 0 aromatic heterocycles. The van der Waals surface area contributed by atoms with Crippen molar-refractivity contribution in [1.82, 2.24) is 5.32 Å². The van der Waals surface area contributed by atoms with Crippen molar-refractivity contribution in [2.24, 2.45) is 0 Å². The van der Waals surface area contributed by atoms with Gasteiger partial charge in [-0.15, -0.1) is 0 Å². The van der Waals surface area contributed by atoms with Gasteiger partial charge in [0.25, 0.3) is 0 Å². The second-order valence-corrected chi connectivity index (χ2v) is 21.5. The molecule has 1 aliphatic heterocycles. The minimum absolute atomic E-state index is 0.182. The monoisotopic (exact) mass is 1090 g/mol. The van der Waals surface area contributed by atoms with E-state index in [2.05, 4.69) is 129 Å². The Bertz CT molecular complexity index is 1640. The number of unbranched alkanes of at least 4 members (excludes halogenated alkanes) is 25. The van der Waals surface area contributed by atoms with Gasteiger partial charge in [0.15, 0.2) is 6.29 Å². The molecule has 0 aromatic carbocycles. The quantitative estimate of drug-likeness (QED) is 0.0261. The molecule has 9 heteroatoms. The zero-order valence-corrected chi connectivity index (χ0v) is 49.6. The Morgan fingerprint density at radius 2 is 0.795 bits per heavy atom. The largest absolute Gasteiger partial charge is 0.394 e. The molecule has 1 rings (SSSR count). The summed E-state index contributed by atoms with van der Waals surface area (Å²) >= 11 is 0. The van der Waals surface area contributed by atoms with Gasteiger partial charge in [0.2, 0.25) is 5.91 Å². The molecule has 0 aliphatic carbocycles. The van der Waals surface area contributed by atoms with Crippen LogP contribution in [0.3, 0.4) is 0 Å². The molecule has 7 atom stereocenters. The summed E-state index contributed by atoms with van der Waals surface area (Å²) in [5.74, 6) is -0.182. The van der Waals surface area contributed by atoms with Crippen LogP contribution in [0, 0.1) is 0 Å². The van der Waals surface area contributed by atoms with Crippen LogP contribution in [-0.2, 0) is 14.3 Å². The molecule has 0 spiro atoms. The molecule has 446 valence electrons. The number of carbonyl (C=O) groups excluding carboxylic acids is 1. The third-order valence-electron chi connectivity index (χ3n) is 14.3. The number of hydrogen-bond donors (Lipinski definition) is 6. The number of rotatable bonds is 53. The molecule has 6 N–H and O–H groups in total. The van der Waals surface area contributed by atoms with E-state index in [1.165, 1.54) is 135 Å². The van der Waals surface area contributed by atoms with Crippen molar-refractivity contribution in [3.05, 3.63) is 122 Å². The smallest absolute Gasteiger partial charge is 0.220 e. The molecule has 78 heavy (non-hydrogen) atoms. The SMILES string of the molecule is CC/C=C\C/C=C\C/C=C\C/C=C\C/C=C\C/C=C\C/C=C\C/C=C\C/C=C\CCCCCCCCCCCCCCCC(=O)NC(COC1OC(CO)C(O)C(O)C1O)C(O)/C=C/CCCCCCCCCCCCCC. The lowest BCUT2D eigenvalue weighted by molar-refractivity contribution is -0.302. The van der Waals surface area contributed by atoms with Gasteiger partial charge in [-0.3, -0.25) is 4.79 Å². The predicted molar refractivity (Wildman–Crippen MR) is 331 cm³/mol. The third-order valence-corrected chi connectivity index (χ3v) is 14.3. The number of hydrogen-bond acceptors (Lipinski definition) is 8. The first-order valence-corrected chi connectivity index (χ1v) is 31.8. The van der Waals surface area contributed by atoms with E-state index < -0.39 is 49.5 Å². The Labute approximate surface area is 478 Å². The molecule has 1 saturated heterocycles. The fourth-order valence-corrected chi connectivity index (χ4v) is 9.33. The molecule has 1 aliphatic rings. The molecule has 1 fully saturated rings. The Morgan fingerprint density at radius 3 is 1.18 bits per heavy atom. The molecular formula is C69H117NO8. The lowest BCUT2D eigenvalue weighted by atomic mass is 9.99. The van der Waals surface area contributed by atoms with E-state index in [9.17, 15) is 30.3 Å². The summed E-state index contributed by atoms with van der Waals surface area (Å²) in [5.41, 5.74) is 0. The molecule has 0 radical (unpaired) electrons. The van der Waals surface area contributed by atoms with Crippen LogP contribution in [0.1, 0.15) is 251 Å². The zero-order valence-electron chi connectivity index (χ0n) is 49.6. The zero-order chi connectivity index (χ0) is 56.5. The van der Waals surface area contributed by atoms with E-state index in [1.54, 1.807) is 6.08 Å². The number of carbonyl (C=O) groups is 1. The predicted octanol–water partition coefficient (Wildman–Crippen LogP) is 16.7. The number of aliphatic hydroxyl groups excluding tert-OH is 5.